The van der Waals surface area contributed by atoms with Gasteiger partial charge in [-0.1, -0.05) is 312 Å². The van der Waals surface area contributed by atoms with Gasteiger partial charge < -0.3 is 0 Å². The summed E-state index contributed by atoms with van der Waals surface area (Å²) >= 11 is 0. The Kier molecular flexibility index (Phi) is 30.7. The van der Waals surface area contributed by atoms with Crippen molar-refractivity contribution in [2.45, 2.75) is 218 Å². The molecule has 0 spiro atoms. The normalized spacial score (nSPS) is 12.1. The molecule has 6 heteroatoms. The van der Waals surface area contributed by atoms with Gasteiger partial charge in [0, 0.05) is 69.5 Å². The fourth-order valence-corrected chi connectivity index (χ4v) is 18.1. The second-order valence-electron chi connectivity index (χ2n) is 26.8. The van der Waals surface area contributed by atoms with Gasteiger partial charge in [-0.2, -0.15) is 0 Å². The molecule has 0 saturated carbocycles. The molecule has 0 atom stereocenters. The van der Waals surface area contributed by atoms with E-state index in [9.17, 15) is 0 Å². The van der Waals surface area contributed by atoms with Crippen LogP contribution in [0.15, 0.2) is 249 Å². The molecule has 6 aromatic heterocycles. The van der Waals surface area contributed by atoms with Crippen molar-refractivity contribution in [3.8, 4) is 55.6 Å². The van der Waals surface area contributed by atoms with Gasteiger partial charge in [0.1, 0.15) is 16.9 Å². The topological polar surface area (TPSA) is 51.9 Å². The quantitative estimate of drug-likeness (QED) is 0.142. The number of imidazole rings is 3. The van der Waals surface area contributed by atoms with Crippen LogP contribution in [-0.2, 0) is 38.5 Å². The molecule has 24 rings (SSSR count). The first-order chi connectivity index (χ1) is 58.1. The summed E-state index contributed by atoms with van der Waals surface area (Å²) < 4.78 is 6.67. The number of rotatable bonds is 0. The van der Waals surface area contributed by atoms with Crippen molar-refractivity contribution in [1.29, 1.82) is 0 Å². The van der Waals surface area contributed by atoms with Gasteiger partial charge in [-0.05, 0) is 262 Å². The highest BCUT2D eigenvalue weighted by Crippen LogP contribution is 2.52. The summed E-state index contributed by atoms with van der Waals surface area (Å²) in [5, 5.41) is 11.5. The molecule has 0 unspecified atom stereocenters. The van der Waals surface area contributed by atoms with Crippen molar-refractivity contribution in [3.05, 3.63) is 316 Å². The molecule has 0 fully saturated rings. The second-order valence-corrected chi connectivity index (χ2v) is 26.8. The number of para-hydroxylation sites is 3. The third kappa shape index (κ3) is 15.5. The summed E-state index contributed by atoms with van der Waals surface area (Å²) in [6.45, 7) is 48.0. The zero-order chi connectivity index (χ0) is 84.3. The lowest BCUT2D eigenvalue weighted by Gasteiger charge is -2.12. The minimum Gasteiger partial charge on any atom is -0.299 e. The Labute approximate surface area is 700 Å². The first kappa shape index (κ1) is 87.9. The van der Waals surface area contributed by atoms with Gasteiger partial charge >= 0.3 is 0 Å². The Hall–Kier alpha value is -11.5. The number of benzene rings is 11. The summed E-state index contributed by atoms with van der Waals surface area (Å²) in [4.78, 5) is 14.2. The number of allylic oxidation sites excluding steroid dienone is 4. The standard InChI is InChI=1S/C29H20N2.2C29H18N2.12C2H6/c1-2-6-21-17(5-1)11-18-12-19-13-20-14-27-26(16-25(20)24(19)15-23(18)21)22-7-3-4-8-28(22)31-10-9-30-29(27)31;1-2-6-20-17(5-1)14-25-21(20)10-9-18-13-19-15-26-24(16-23(19)28(18)25)22-7-3-4-8-27(22)31-12-11-30-29(26)31;1-2-6-19-17(5-1)13-24-20(19)9-10-21-23-16-26-22-7-3-4-8-28(22)31-12-11-30-29(31)27(26)15-18(23)14-25(21)24;12*1-2/h1,3-5,7-10,12,14-16H,2,6,11,13H2;2*1-12,15-16H,13-14H2;12*1-2H3. The summed E-state index contributed by atoms with van der Waals surface area (Å²) in [6, 6.07) is 72.6. The first-order valence-electron chi connectivity index (χ1n) is 45.0. The van der Waals surface area contributed by atoms with Crippen LogP contribution in [0.5, 0.6) is 0 Å². The van der Waals surface area contributed by atoms with Gasteiger partial charge in [-0.3, -0.25) is 13.2 Å². The number of aromatic nitrogens is 6. The Bertz CT molecular complexity index is 6380. The minimum absolute atomic E-state index is 1.00. The van der Waals surface area contributed by atoms with E-state index in [-0.39, 0.29) is 0 Å². The molecule has 0 bridgehead atoms. The molecule has 17 aromatic rings. The monoisotopic (exact) mass is 1550 g/mol. The van der Waals surface area contributed by atoms with Crippen molar-refractivity contribution in [2.24, 2.45) is 0 Å². The molecule has 7 aliphatic carbocycles. The Morgan fingerprint density at radius 2 is 0.581 bits per heavy atom. The van der Waals surface area contributed by atoms with Gasteiger partial charge in [0.15, 0.2) is 0 Å². The van der Waals surface area contributed by atoms with Crippen LogP contribution >= 0.6 is 0 Å². The highest BCUT2D eigenvalue weighted by atomic mass is 15.0. The van der Waals surface area contributed by atoms with Gasteiger partial charge in [0.25, 0.3) is 0 Å². The van der Waals surface area contributed by atoms with Gasteiger partial charge in [0.2, 0.25) is 0 Å². The molecule has 0 N–H and O–H groups in total. The van der Waals surface area contributed by atoms with Crippen molar-refractivity contribution in [2.75, 3.05) is 0 Å². The molecule has 0 saturated heterocycles. The van der Waals surface area contributed by atoms with Crippen LogP contribution in [0.25, 0.3) is 143 Å². The predicted molar refractivity (Wildman–Crippen MR) is 517 cm³/mol. The number of hydrogen-bond acceptors (Lipinski definition) is 3. The smallest absolute Gasteiger partial charge is 0.145 e. The molecular weight excluding hydrogens is 1420 g/mol. The molecule has 117 heavy (non-hydrogen) atoms. The number of hydrogen-bond donors (Lipinski definition) is 0. The third-order valence-corrected chi connectivity index (χ3v) is 22.2. The lowest BCUT2D eigenvalue weighted by atomic mass is 9.93. The lowest BCUT2D eigenvalue weighted by Crippen LogP contribution is -1.92. The highest BCUT2D eigenvalue weighted by Gasteiger charge is 2.33. The summed E-state index contributed by atoms with van der Waals surface area (Å²) in [6.07, 6.45) is 25.2. The second kappa shape index (κ2) is 40.9. The molecule has 0 amide bonds. The van der Waals surface area contributed by atoms with Crippen molar-refractivity contribution in [3.63, 3.8) is 0 Å². The summed E-state index contributed by atoms with van der Waals surface area (Å²) in [5.74, 6) is 0. The summed E-state index contributed by atoms with van der Waals surface area (Å²) in [7, 11) is 0. The molecule has 0 radical (unpaired) electrons. The van der Waals surface area contributed by atoms with Crippen molar-refractivity contribution < 1.29 is 0 Å². The molecule has 11 aromatic carbocycles. The van der Waals surface area contributed by atoms with E-state index in [4.69, 9.17) is 15.0 Å². The number of pyridine rings is 3. The van der Waals surface area contributed by atoms with Gasteiger partial charge in [0.05, 0.1) is 16.6 Å². The first-order valence-corrected chi connectivity index (χ1v) is 45.0. The van der Waals surface area contributed by atoms with Crippen LogP contribution in [0.4, 0.5) is 0 Å². The Morgan fingerprint density at radius 1 is 0.239 bits per heavy atom. The van der Waals surface area contributed by atoms with Crippen LogP contribution in [0, 0.1) is 0 Å². The van der Waals surface area contributed by atoms with Gasteiger partial charge in [-0.25, -0.2) is 15.0 Å². The number of nitrogens with zero attached hydrogens (tertiary/aromatic N) is 6. The predicted octanol–water partition coefficient (Wildman–Crippen LogP) is 32.8. The maximum Gasteiger partial charge on any atom is 0.145 e. The SMILES string of the molecule is C1=CC2=C(CC1)c1cc3c(cc1C2)Cc1cc2c(cc1-3)c1ccccc1n1ccnc21.CC.CC.CC.CC.CC.CC.CC.CC.CC.CC.CC.CC.c1ccc2c(c1)Cc1c-2ccc2c1-c1cc3c4ccccc4n4ccnc4c3cc1C2.c1ccc2c(c1)Cc1c-2ccc2c1Cc1cc3c(cc1-2)c1ccccc1n1ccnc31. The Balaban J connectivity index is 0.000000164. The third-order valence-electron chi connectivity index (χ3n) is 22.2. The maximum absolute atomic E-state index is 4.72. The van der Waals surface area contributed by atoms with E-state index in [0.717, 1.165) is 55.5 Å². The lowest BCUT2D eigenvalue weighted by molar-refractivity contribution is 1.04. The largest absolute Gasteiger partial charge is 0.299 e. The van der Waals surface area contributed by atoms with Crippen molar-refractivity contribution >= 4 is 87.5 Å². The number of fused-ring (bicyclic) bond motifs is 37. The van der Waals surface area contributed by atoms with E-state index in [1.807, 2.05) is 185 Å². The molecule has 602 valence electrons. The van der Waals surface area contributed by atoms with E-state index in [2.05, 4.69) is 238 Å². The van der Waals surface area contributed by atoms with E-state index < -0.39 is 0 Å². The zero-order valence-corrected chi connectivity index (χ0v) is 74.9. The van der Waals surface area contributed by atoms with E-state index in [1.165, 1.54) is 206 Å². The fraction of sp³-hybridized carbons (Fsp3) is 0.288. The average Bonchev–Trinajstić information content (AvgIpc) is 1.60. The molecule has 0 aliphatic heterocycles. The van der Waals surface area contributed by atoms with Crippen molar-refractivity contribution in [1.82, 2.24) is 28.2 Å². The maximum atomic E-state index is 4.72. The highest BCUT2D eigenvalue weighted by molar-refractivity contribution is 6.17. The molecule has 7 aliphatic rings. The van der Waals surface area contributed by atoms with Crippen LogP contribution in [-0.4, -0.2) is 28.2 Å². The average molecular weight is 1550 g/mol. The van der Waals surface area contributed by atoms with Gasteiger partial charge in [-0.15, -0.1) is 0 Å². The van der Waals surface area contributed by atoms with E-state index >= 15 is 0 Å². The van der Waals surface area contributed by atoms with E-state index in [0.29, 0.717) is 0 Å². The van der Waals surface area contributed by atoms with Crippen LogP contribution < -0.4 is 0 Å². The molecule has 6 heterocycles. The summed E-state index contributed by atoms with van der Waals surface area (Å²) in [5.41, 5.74) is 41.8. The molecular formula is C111H128N6. The Morgan fingerprint density at radius 3 is 1.06 bits per heavy atom. The van der Waals surface area contributed by atoms with Crippen LogP contribution in [0.2, 0.25) is 0 Å². The van der Waals surface area contributed by atoms with Crippen LogP contribution in [0.3, 0.4) is 0 Å². The fourth-order valence-electron chi connectivity index (χ4n) is 18.1. The minimum atomic E-state index is 1.00. The molecule has 6 nitrogen and oxygen atoms in total. The van der Waals surface area contributed by atoms with Crippen LogP contribution in [0.1, 0.15) is 246 Å². The zero-order valence-electron chi connectivity index (χ0n) is 74.9. The van der Waals surface area contributed by atoms with E-state index in [1.54, 1.807) is 5.57 Å².